The zero-order chi connectivity index (χ0) is 8.27. The minimum absolute atomic E-state index is 0.445. The van der Waals surface area contributed by atoms with E-state index < -0.39 is 8.96 Å². The van der Waals surface area contributed by atoms with Gasteiger partial charge in [0.1, 0.15) is 8.96 Å². The molecule has 1 aliphatic heterocycles. The molecule has 1 unspecified atom stereocenters. The van der Waals surface area contributed by atoms with Gasteiger partial charge in [0.25, 0.3) is 0 Å². The fourth-order valence-electron chi connectivity index (χ4n) is 1.89. The zero-order valence-electron chi connectivity index (χ0n) is 8.14. The summed E-state index contributed by atoms with van der Waals surface area (Å²) in [6.45, 7) is 8.57. The molecule has 0 spiro atoms. The van der Waals surface area contributed by atoms with Crippen molar-refractivity contribution in [2.75, 3.05) is 6.54 Å². The summed E-state index contributed by atoms with van der Waals surface area (Å²) in [4.78, 5) is 0. The first-order chi connectivity index (χ1) is 5.25. The average Bonchev–Trinajstić information content (AvgIpc) is 1.84. The fourth-order valence-corrected chi connectivity index (χ4v) is 3.70. The van der Waals surface area contributed by atoms with E-state index in [1.54, 1.807) is 0 Å². The van der Waals surface area contributed by atoms with E-state index in [9.17, 15) is 0 Å². The molecule has 0 radical (unpaired) electrons. The van der Waals surface area contributed by atoms with Crippen LogP contribution in [-0.4, -0.2) is 26.1 Å². The van der Waals surface area contributed by atoms with Crippen LogP contribution in [0.1, 0.15) is 32.6 Å². The summed E-state index contributed by atoms with van der Waals surface area (Å²) < 4.78 is 2.76. The largest absolute Gasteiger partial charge is 0.324 e. The Morgan fingerprint density at radius 3 is 2.55 bits per heavy atom. The monoisotopic (exact) mass is 171 g/mol. The molecule has 1 rings (SSSR count). The third-order valence-corrected chi connectivity index (χ3v) is 4.75. The third-order valence-electron chi connectivity index (χ3n) is 2.74. The standard InChI is InChI=1S/C9H21NSi/c1-4-5-6-9-7-8-10(9)11(2)3/h9,11H,4-8H2,1-3H3. The van der Waals surface area contributed by atoms with Crippen LogP contribution in [0.5, 0.6) is 0 Å². The smallest absolute Gasteiger partial charge is 0.106 e. The number of hydrogen-bond acceptors (Lipinski definition) is 1. The van der Waals surface area contributed by atoms with Crippen LogP contribution in [0.25, 0.3) is 0 Å². The van der Waals surface area contributed by atoms with Crippen molar-refractivity contribution in [1.29, 1.82) is 0 Å². The van der Waals surface area contributed by atoms with E-state index in [1.807, 2.05) is 0 Å². The number of unbranched alkanes of at least 4 members (excludes halogenated alkanes) is 1. The molecule has 0 aliphatic carbocycles. The van der Waals surface area contributed by atoms with Crippen LogP contribution in [0.15, 0.2) is 0 Å². The molecule has 0 saturated carbocycles. The summed E-state index contributed by atoms with van der Waals surface area (Å²) in [7, 11) is -0.445. The lowest BCUT2D eigenvalue weighted by molar-refractivity contribution is 0.181. The molecule has 66 valence electrons. The van der Waals surface area contributed by atoms with Crippen molar-refractivity contribution < 1.29 is 0 Å². The van der Waals surface area contributed by atoms with E-state index in [1.165, 1.54) is 32.2 Å². The van der Waals surface area contributed by atoms with Gasteiger partial charge < -0.3 is 4.57 Å². The molecule has 1 fully saturated rings. The molecule has 0 N–H and O–H groups in total. The maximum atomic E-state index is 2.76. The van der Waals surface area contributed by atoms with Gasteiger partial charge in [0, 0.05) is 6.04 Å². The molecule has 0 aromatic rings. The summed E-state index contributed by atoms with van der Waals surface area (Å²) in [5, 5.41) is 0. The molecular formula is C9H21NSi. The minimum Gasteiger partial charge on any atom is -0.324 e. The van der Waals surface area contributed by atoms with Crippen molar-refractivity contribution in [2.24, 2.45) is 0 Å². The minimum atomic E-state index is -0.445. The zero-order valence-corrected chi connectivity index (χ0v) is 9.29. The van der Waals surface area contributed by atoms with Crippen LogP contribution >= 0.6 is 0 Å². The lowest BCUT2D eigenvalue weighted by Crippen LogP contribution is -2.53. The number of hydrogen-bond donors (Lipinski definition) is 0. The van der Waals surface area contributed by atoms with Gasteiger partial charge in [-0.15, -0.1) is 0 Å². The highest BCUT2D eigenvalue weighted by Crippen LogP contribution is 2.23. The second-order valence-corrected chi connectivity index (χ2v) is 6.77. The molecule has 1 aliphatic rings. The molecular weight excluding hydrogens is 150 g/mol. The Morgan fingerprint density at radius 2 is 2.18 bits per heavy atom. The second kappa shape index (κ2) is 4.26. The van der Waals surface area contributed by atoms with Gasteiger partial charge in [-0.3, -0.25) is 0 Å². The highest BCUT2D eigenvalue weighted by molar-refractivity contribution is 6.52. The Hall–Kier alpha value is 0.177. The van der Waals surface area contributed by atoms with Gasteiger partial charge in [0.2, 0.25) is 0 Å². The van der Waals surface area contributed by atoms with Crippen LogP contribution in [0.3, 0.4) is 0 Å². The van der Waals surface area contributed by atoms with Crippen molar-refractivity contribution in [3.05, 3.63) is 0 Å². The van der Waals surface area contributed by atoms with Crippen LogP contribution in [0.4, 0.5) is 0 Å². The third kappa shape index (κ3) is 2.31. The summed E-state index contributed by atoms with van der Waals surface area (Å²) >= 11 is 0. The summed E-state index contributed by atoms with van der Waals surface area (Å²) in [5.41, 5.74) is 0. The van der Waals surface area contributed by atoms with Gasteiger partial charge in [-0.2, -0.15) is 0 Å². The molecule has 1 nitrogen and oxygen atoms in total. The van der Waals surface area contributed by atoms with E-state index in [4.69, 9.17) is 0 Å². The Morgan fingerprint density at radius 1 is 1.45 bits per heavy atom. The Balaban J connectivity index is 2.15. The fraction of sp³-hybridized carbons (Fsp3) is 1.00. The highest BCUT2D eigenvalue weighted by atomic mass is 28.3. The predicted molar refractivity (Wildman–Crippen MR) is 53.5 cm³/mol. The average molecular weight is 171 g/mol. The first-order valence-corrected chi connectivity index (χ1v) is 7.84. The van der Waals surface area contributed by atoms with Gasteiger partial charge in [0.05, 0.1) is 0 Å². The maximum Gasteiger partial charge on any atom is 0.106 e. The first kappa shape index (κ1) is 9.27. The molecule has 0 bridgehead atoms. The second-order valence-electron chi connectivity index (χ2n) is 3.92. The quantitative estimate of drug-likeness (QED) is 0.586. The van der Waals surface area contributed by atoms with E-state index in [2.05, 4.69) is 24.6 Å². The molecule has 2 heteroatoms. The van der Waals surface area contributed by atoms with E-state index in [-0.39, 0.29) is 0 Å². The SMILES string of the molecule is CCCCC1CCN1[SiH](C)C. The Kier molecular flexibility index (Phi) is 3.59. The van der Waals surface area contributed by atoms with Crippen molar-refractivity contribution in [3.8, 4) is 0 Å². The normalized spacial score (nSPS) is 25.6. The van der Waals surface area contributed by atoms with Crippen molar-refractivity contribution in [3.63, 3.8) is 0 Å². The van der Waals surface area contributed by atoms with Crippen LogP contribution in [0.2, 0.25) is 13.1 Å². The van der Waals surface area contributed by atoms with Gasteiger partial charge >= 0.3 is 0 Å². The van der Waals surface area contributed by atoms with Gasteiger partial charge in [0.15, 0.2) is 0 Å². The molecule has 1 heterocycles. The van der Waals surface area contributed by atoms with E-state index in [0.29, 0.717) is 0 Å². The number of rotatable bonds is 4. The van der Waals surface area contributed by atoms with Crippen LogP contribution in [0, 0.1) is 0 Å². The predicted octanol–water partition coefficient (Wildman–Crippen LogP) is 2.23. The summed E-state index contributed by atoms with van der Waals surface area (Å²) in [6.07, 6.45) is 5.74. The van der Waals surface area contributed by atoms with Gasteiger partial charge in [-0.05, 0) is 19.4 Å². The molecule has 0 amide bonds. The summed E-state index contributed by atoms with van der Waals surface area (Å²) in [6, 6.07) is 0.988. The molecule has 1 saturated heterocycles. The van der Waals surface area contributed by atoms with Crippen molar-refractivity contribution in [2.45, 2.75) is 51.7 Å². The first-order valence-electron chi connectivity index (χ1n) is 5.01. The number of nitrogens with zero attached hydrogens (tertiary/aromatic N) is 1. The highest BCUT2D eigenvalue weighted by Gasteiger charge is 2.28. The molecule has 0 aromatic carbocycles. The van der Waals surface area contributed by atoms with Crippen molar-refractivity contribution >= 4 is 8.96 Å². The lowest BCUT2D eigenvalue weighted by Gasteiger charge is -2.44. The van der Waals surface area contributed by atoms with E-state index >= 15 is 0 Å². The maximum absolute atomic E-state index is 2.76. The van der Waals surface area contributed by atoms with Gasteiger partial charge in [-0.1, -0.05) is 32.9 Å². The topological polar surface area (TPSA) is 3.24 Å². The Labute approximate surface area is 72.5 Å². The molecule has 0 aromatic heterocycles. The molecule has 1 atom stereocenters. The van der Waals surface area contributed by atoms with Crippen molar-refractivity contribution in [1.82, 2.24) is 4.57 Å². The van der Waals surface area contributed by atoms with Gasteiger partial charge in [-0.25, -0.2) is 0 Å². The van der Waals surface area contributed by atoms with Crippen LogP contribution < -0.4 is 0 Å². The Bertz CT molecular complexity index is 114. The van der Waals surface area contributed by atoms with E-state index in [0.717, 1.165) is 6.04 Å². The lowest BCUT2D eigenvalue weighted by atomic mass is 10.0. The molecule has 11 heavy (non-hydrogen) atoms. The van der Waals surface area contributed by atoms with Crippen LogP contribution in [-0.2, 0) is 0 Å². The summed E-state index contributed by atoms with van der Waals surface area (Å²) in [5.74, 6) is 0.